The molecule has 0 amide bonds. The van der Waals surface area contributed by atoms with E-state index in [1.54, 1.807) is 0 Å². The number of alkyl halides is 6. The minimum atomic E-state index is -5.64. The highest BCUT2D eigenvalue weighted by atomic mass is 19.4. The monoisotopic (exact) mass is 251 g/mol. The Morgan fingerprint density at radius 3 is 1.75 bits per heavy atom. The number of carbonyl (C=O) groups is 1. The highest BCUT2D eigenvalue weighted by molar-refractivity contribution is 5.79. The molecule has 1 aliphatic carbocycles. The van der Waals surface area contributed by atoms with E-state index in [9.17, 15) is 31.1 Å². The number of ether oxygens (including phenoxy) is 1. The molecular formula is C7H7F6NO2. The van der Waals surface area contributed by atoms with Crippen molar-refractivity contribution in [3.05, 3.63) is 0 Å². The van der Waals surface area contributed by atoms with Gasteiger partial charge in [0, 0.05) is 6.04 Å². The van der Waals surface area contributed by atoms with Crippen LogP contribution in [0.3, 0.4) is 0 Å². The molecule has 1 saturated carbocycles. The van der Waals surface area contributed by atoms with Gasteiger partial charge in [-0.25, -0.2) is 0 Å². The molecule has 0 radical (unpaired) electrons. The molecule has 1 rings (SSSR count). The van der Waals surface area contributed by atoms with Crippen LogP contribution in [0, 0.1) is 11.3 Å². The second-order valence-corrected chi connectivity index (χ2v) is 3.39. The first kappa shape index (κ1) is 13.1. The molecule has 0 heterocycles. The Hall–Kier alpha value is -0.990. The summed E-state index contributed by atoms with van der Waals surface area (Å²) in [5.41, 5.74) is 0.580. The minimum absolute atomic E-state index is 0.699. The summed E-state index contributed by atoms with van der Waals surface area (Å²) >= 11 is 0. The number of hydrogen-bond donors (Lipinski definition) is 1. The van der Waals surface area contributed by atoms with Crippen molar-refractivity contribution in [3.8, 4) is 0 Å². The molecule has 2 unspecified atom stereocenters. The molecule has 1 fully saturated rings. The van der Waals surface area contributed by atoms with E-state index in [0.717, 1.165) is 0 Å². The van der Waals surface area contributed by atoms with Crippen LogP contribution >= 0.6 is 0 Å². The number of hydrogen-bond acceptors (Lipinski definition) is 3. The summed E-state index contributed by atoms with van der Waals surface area (Å²) in [6.07, 6.45) is -11.3. The maximum Gasteiger partial charge on any atom is 0.405 e. The largest absolute Gasteiger partial charge is 0.469 e. The number of methoxy groups -OCH3 is 1. The molecule has 0 aromatic heterocycles. The molecule has 9 heteroatoms. The van der Waals surface area contributed by atoms with Crippen LogP contribution in [0.5, 0.6) is 0 Å². The zero-order chi connectivity index (χ0) is 12.9. The van der Waals surface area contributed by atoms with Crippen molar-refractivity contribution in [1.29, 1.82) is 0 Å². The van der Waals surface area contributed by atoms with Crippen LogP contribution in [-0.2, 0) is 9.53 Å². The van der Waals surface area contributed by atoms with E-state index in [0.29, 0.717) is 7.11 Å². The van der Waals surface area contributed by atoms with Crippen molar-refractivity contribution >= 4 is 5.97 Å². The second-order valence-electron chi connectivity index (χ2n) is 3.39. The van der Waals surface area contributed by atoms with E-state index in [2.05, 4.69) is 4.74 Å². The summed E-state index contributed by atoms with van der Waals surface area (Å²) in [6.45, 7) is 0. The van der Waals surface area contributed by atoms with Gasteiger partial charge in [0.05, 0.1) is 13.0 Å². The Labute approximate surface area is 85.5 Å². The van der Waals surface area contributed by atoms with Gasteiger partial charge in [-0.2, -0.15) is 26.3 Å². The summed E-state index contributed by atoms with van der Waals surface area (Å²) in [5.74, 6) is -4.03. The van der Waals surface area contributed by atoms with Crippen LogP contribution in [0.4, 0.5) is 26.3 Å². The fraction of sp³-hybridized carbons (Fsp3) is 0.857. The van der Waals surface area contributed by atoms with Gasteiger partial charge in [-0.05, 0) is 0 Å². The highest BCUT2D eigenvalue weighted by Crippen LogP contribution is 2.69. The van der Waals surface area contributed by atoms with E-state index < -0.39 is 35.7 Å². The van der Waals surface area contributed by atoms with E-state index in [1.165, 1.54) is 0 Å². The molecule has 0 spiro atoms. The first-order valence-electron chi connectivity index (χ1n) is 3.98. The van der Waals surface area contributed by atoms with Crippen LogP contribution in [0.15, 0.2) is 0 Å². The molecule has 0 aromatic rings. The van der Waals surface area contributed by atoms with Crippen LogP contribution < -0.4 is 5.73 Å². The number of halogens is 6. The normalized spacial score (nSPS) is 28.8. The third-order valence-corrected chi connectivity index (χ3v) is 2.66. The van der Waals surface area contributed by atoms with Crippen molar-refractivity contribution in [2.45, 2.75) is 18.4 Å². The maximum absolute atomic E-state index is 12.4. The molecule has 0 bridgehead atoms. The van der Waals surface area contributed by atoms with Gasteiger partial charge in [-0.15, -0.1) is 0 Å². The van der Waals surface area contributed by atoms with Gasteiger partial charge in [0.2, 0.25) is 0 Å². The third kappa shape index (κ3) is 1.37. The van der Waals surface area contributed by atoms with E-state index in [-0.39, 0.29) is 0 Å². The predicted molar refractivity (Wildman–Crippen MR) is 38.0 cm³/mol. The van der Waals surface area contributed by atoms with Crippen molar-refractivity contribution in [2.24, 2.45) is 17.1 Å². The van der Waals surface area contributed by atoms with Crippen molar-refractivity contribution in [1.82, 2.24) is 0 Å². The Morgan fingerprint density at radius 2 is 1.56 bits per heavy atom. The van der Waals surface area contributed by atoms with E-state index >= 15 is 0 Å². The summed E-state index contributed by atoms with van der Waals surface area (Å²) in [6, 6.07) is -2.35. The lowest BCUT2D eigenvalue weighted by Gasteiger charge is -2.23. The molecule has 16 heavy (non-hydrogen) atoms. The Kier molecular flexibility index (Phi) is 2.66. The topological polar surface area (TPSA) is 52.3 Å². The van der Waals surface area contributed by atoms with Crippen molar-refractivity contribution < 1.29 is 35.9 Å². The summed E-state index contributed by atoms with van der Waals surface area (Å²) < 4.78 is 78.2. The van der Waals surface area contributed by atoms with Gasteiger partial charge in [-0.3, -0.25) is 4.79 Å². The van der Waals surface area contributed by atoms with Gasteiger partial charge in [0.15, 0.2) is 5.41 Å². The predicted octanol–water partition coefficient (Wildman–Crippen LogP) is 1.23. The molecule has 0 saturated heterocycles. The fourth-order valence-electron chi connectivity index (χ4n) is 1.77. The molecular weight excluding hydrogens is 244 g/mol. The van der Waals surface area contributed by atoms with Crippen molar-refractivity contribution in [3.63, 3.8) is 0 Å². The maximum atomic E-state index is 12.4. The average molecular weight is 251 g/mol. The van der Waals surface area contributed by atoms with Crippen LogP contribution in [0.25, 0.3) is 0 Å². The van der Waals surface area contributed by atoms with E-state index in [4.69, 9.17) is 5.73 Å². The van der Waals surface area contributed by atoms with Gasteiger partial charge >= 0.3 is 18.3 Å². The molecule has 2 N–H and O–H groups in total. The zero-order valence-electron chi connectivity index (χ0n) is 7.82. The first-order chi connectivity index (χ1) is 7.01. The van der Waals surface area contributed by atoms with Gasteiger partial charge in [0.1, 0.15) is 0 Å². The number of nitrogens with two attached hydrogens (primary N) is 1. The zero-order valence-corrected chi connectivity index (χ0v) is 7.82. The number of carbonyl (C=O) groups excluding carboxylic acids is 1. The Balaban J connectivity index is 3.18. The second kappa shape index (κ2) is 3.25. The van der Waals surface area contributed by atoms with Crippen LogP contribution in [0.1, 0.15) is 0 Å². The molecule has 94 valence electrons. The minimum Gasteiger partial charge on any atom is -0.469 e. The third-order valence-electron chi connectivity index (χ3n) is 2.66. The van der Waals surface area contributed by atoms with Crippen LogP contribution in [-0.4, -0.2) is 31.5 Å². The van der Waals surface area contributed by atoms with Gasteiger partial charge < -0.3 is 10.5 Å². The quantitative estimate of drug-likeness (QED) is 0.563. The Bertz CT molecular complexity index is 295. The fourth-order valence-corrected chi connectivity index (χ4v) is 1.77. The molecule has 3 nitrogen and oxygen atoms in total. The van der Waals surface area contributed by atoms with Crippen molar-refractivity contribution in [2.75, 3.05) is 7.11 Å². The molecule has 1 aliphatic rings. The lowest BCUT2D eigenvalue weighted by atomic mass is 10.0. The summed E-state index contributed by atoms with van der Waals surface area (Å²) in [7, 11) is 0.699. The molecule has 2 atom stereocenters. The number of rotatable bonds is 1. The van der Waals surface area contributed by atoms with Gasteiger partial charge in [-0.1, -0.05) is 0 Å². The lowest BCUT2D eigenvalue weighted by Crippen LogP contribution is -2.44. The smallest absolute Gasteiger partial charge is 0.405 e. The SMILES string of the molecule is COC(=O)C1C(N)C1(C(F)(F)F)C(F)(F)F. The molecule has 0 aliphatic heterocycles. The van der Waals surface area contributed by atoms with Crippen LogP contribution in [0.2, 0.25) is 0 Å². The summed E-state index contributed by atoms with van der Waals surface area (Å²) in [4.78, 5) is 10.8. The lowest BCUT2D eigenvalue weighted by molar-refractivity contribution is -0.306. The summed E-state index contributed by atoms with van der Waals surface area (Å²) in [5, 5.41) is 0. The van der Waals surface area contributed by atoms with Gasteiger partial charge in [0.25, 0.3) is 0 Å². The Morgan fingerprint density at radius 1 is 1.19 bits per heavy atom. The number of esters is 1. The standard InChI is InChI=1S/C7H7F6NO2/c1-16-4(15)2-3(14)5(2,6(8,9)10)7(11,12)13/h2-3H,14H2,1H3. The van der Waals surface area contributed by atoms with E-state index in [1.807, 2.05) is 0 Å². The average Bonchev–Trinajstić information content (AvgIpc) is 2.69. The molecule has 0 aromatic carbocycles. The highest BCUT2D eigenvalue weighted by Gasteiger charge is 2.91. The first-order valence-corrected chi connectivity index (χ1v) is 3.98.